The van der Waals surface area contributed by atoms with Gasteiger partial charge in [0.1, 0.15) is 0 Å². The zero-order chi connectivity index (χ0) is 11.4. The lowest BCUT2D eigenvalue weighted by molar-refractivity contribution is -0.136. The minimum absolute atomic E-state index is 0.0206. The average molecular weight is 250 g/mol. The van der Waals surface area contributed by atoms with Crippen molar-refractivity contribution in [1.29, 1.82) is 0 Å². The largest absolute Gasteiger partial charge is 0.481 e. The van der Waals surface area contributed by atoms with Crippen molar-refractivity contribution < 1.29 is 9.90 Å². The highest BCUT2D eigenvalue weighted by molar-refractivity contribution is 6.33. The Hall–Kier alpha value is -1.07. The summed E-state index contributed by atoms with van der Waals surface area (Å²) in [5.74, 6) is -0.869. The molecular weight excluding hydrogens is 241 g/mol. The Balaban J connectivity index is 2.76. The quantitative estimate of drug-likeness (QED) is 0.880. The molecule has 0 saturated carbocycles. The molecule has 0 atom stereocenters. The number of halogens is 2. The van der Waals surface area contributed by atoms with Crippen molar-refractivity contribution in [3.05, 3.63) is 16.4 Å². The van der Waals surface area contributed by atoms with Crippen LogP contribution in [0.3, 0.4) is 0 Å². The van der Waals surface area contributed by atoms with Crippen LogP contribution in [0.4, 0.5) is 5.69 Å². The lowest BCUT2D eigenvalue weighted by Gasteiger charge is -2.18. The van der Waals surface area contributed by atoms with E-state index in [1.54, 1.807) is 18.0 Å². The predicted octanol–water partition coefficient (Wildman–Crippen LogP) is 1.69. The van der Waals surface area contributed by atoms with Gasteiger partial charge in [0, 0.05) is 19.7 Å². The van der Waals surface area contributed by atoms with Crippen molar-refractivity contribution in [3.63, 3.8) is 0 Å². The fraction of sp³-hybridized carbons (Fsp3) is 0.375. The summed E-state index contributed by atoms with van der Waals surface area (Å²) in [6, 6.07) is 1.54. The van der Waals surface area contributed by atoms with Crippen LogP contribution >= 0.6 is 23.2 Å². The molecule has 0 aromatic carbocycles. The summed E-state index contributed by atoms with van der Waals surface area (Å²) in [7, 11) is 1.71. The van der Waals surface area contributed by atoms with Crippen molar-refractivity contribution in [1.82, 2.24) is 10.2 Å². The highest BCUT2D eigenvalue weighted by Crippen LogP contribution is 2.24. The molecule has 1 heterocycles. The minimum Gasteiger partial charge on any atom is -0.481 e. The third kappa shape index (κ3) is 3.53. The molecule has 0 bridgehead atoms. The number of aromatic nitrogens is 2. The van der Waals surface area contributed by atoms with Gasteiger partial charge in [-0.3, -0.25) is 4.79 Å². The van der Waals surface area contributed by atoms with Crippen LogP contribution in [0.15, 0.2) is 6.07 Å². The maximum atomic E-state index is 10.4. The van der Waals surface area contributed by atoms with Crippen LogP contribution in [0, 0.1) is 0 Å². The van der Waals surface area contributed by atoms with E-state index >= 15 is 0 Å². The Kier molecular flexibility index (Phi) is 4.11. The topological polar surface area (TPSA) is 66.3 Å². The third-order valence-electron chi connectivity index (χ3n) is 1.77. The number of hydrogen-bond donors (Lipinski definition) is 1. The molecule has 0 aliphatic rings. The van der Waals surface area contributed by atoms with Crippen LogP contribution < -0.4 is 4.90 Å². The van der Waals surface area contributed by atoms with E-state index in [9.17, 15) is 4.79 Å². The number of nitrogens with zero attached hydrogens (tertiary/aromatic N) is 3. The molecular formula is C8H9Cl2N3O2. The maximum Gasteiger partial charge on any atom is 0.305 e. The first-order chi connectivity index (χ1) is 7.00. The van der Waals surface area contributed by atoms with Gasteiger partial charge >= 0.3 is 5.97 Å². The molecule has 82 valence electrons. The molecule has 0 unspecified atom stereocenters. The van der Waals surface area contributed by atoms with Gasteiger partial charge in [0.25, 0.3) is 0 Å². The Bertz CT molecular complexity index is 373. The zero-order valence-corrected chi connectivity index (χ0v) is 9.46. The number of carbonyl (C=O) groups is 1. The summed E-state index contributed by atoms with van der Waals surface area (Å²) in [4.78, 5) is 12.0. The fourth-order valence-electron chi connectivity index (χ4n) is 0.996. The molecule has 0 spiro atoms. The normalized spacial score (nSPS) is 10.1. The van der Waals surface area contributed by atoms with Crippen molar-refractivity contribution >= 4 is 34.9 Å². The molecule has 15 heavy (non-hydrogen) atoms. The number of rotatable bonds is 4. The van der Waals surface area contributed by atoms with E-state index in [4.69, 9.17) is 28.3 Å². The second-order valence-electron chi connectivity index (χ2n) is 2.91. The highest BCUT2D eigenvalue weighted by atomic mass is 35.5. The molecule has 1 rings (SSSR count). The first-order valence-electron chi connectivity index (χ1n) is 4.12. The van der Waals surface area contributed by atoms with E-state index < -0.39 is 5.97 Å². The Morgan fingerprint density at radius 2 is 2.20 bits per heavy atom. The van der Waals surface area contributed by atoms with E-state index in [1.165, 1.54) is 0 Å². The zero-order valence-electron chi connectivity index (χ0n) is 7.94. The molecule has 0 radical (unpaired) electrons. The Morgan fingerprint density at radius 1 is 1.53 bits per heavy atom. The number of carboxylic acids is 1. The van der Waals surface area contributed by atoms with Gasteiger partial charge in [0.15, 0.2) is 10.3 Å². The lowest BCUT2D eigenvalue weighted by Crippen LogP contribution is -2.21. The molecule has 0 amide bonds. The van der Waals surface area contributed by atoms with Gasteiger partial charge < -0.3 is 10.0 Å². The van der Waals surface area contributed by atoms with Crippen LogP contribution in [-0.4, -0.2) is 34.9 Å². The van der Waals surface area contributed by atoms with Gasteiger partial charge in [-0.05, 0) is 0 Å². The Morgan fingerprint density at radius 3 is 2.80 bits per heavy atom. The van der Waals surface area contributed by atoms with E-state index in [-0.39, 0.29) is 16.7 Å². The van der Waals surface area contributed by atoms with Crippen molar-refractivity contribution in [2.75, 3.05) is 18.5 Å². The summed E-state index contributed by atoms with van der Waals surface area (Å²) in [5, 5.41) is 16.1. The van der Waals surface area contributed by atoms with Gasteiger partial charge in [-0.25, -0.2) is 0 Å². The van der Waals surface area contributed by atoms with Gasteiger partial charge in [0.05, 0.1) is 12.1 Å². The van der Waals surface area contributed by atoms with E-state index in [0.29, 0.717) is 12.2 Å². The molecule has 1 aromatic rings. The molecule has 1 N–H and O–H groups in total. The first-order valence-corrected chi connectivity index (χ1v) is 4.88. The van der Waals surface area contributed by atoms with Crippen LogP contribution in [-0.2, 0) is 4.79 Å². The predicted molar refractivity (Wildman–Crippen MR) is 57.6 cm³/mol. The molecule has 0 aliphatic heterocycles. The first kappa shape index (κ1) is 12.0. The van der Waals surface area contributed by atoms with Crippen LogP contribution in [0.25, 0.3) is 0 Å². The molecule has 5 nitrogen and oxygen atoms in total. The van der Waals surface area contributed by atoms with Crippen LogP contribution in [0.5, 0.6) is 0 Å². The standard InChI is InChI=1S/C8H9Cl2N3O2/c1-13(3-2-7(14)15)5-4-6(9)11-12-8(5)10/h4H,2-3H2,1H3,(H,14,15). The van der Waals surface area contributed by atoms with E-state index in [1.807, 2.05) is 0 Å². The Labute approximate surface area is 96.6 Å². The van der Waals surface area contributed by atoms with Gasteiger partial charge in [-0.2, -0.15) is 0 Å². The molecule has 7 heteroatoms. The van der Waals surface area contributed by atoms with Crippen molar-refractivity contribution in [2.45, 2.75) is 6.42 Å². The summed E-state index contributed by atoms with van der Waals surface area (Å²) in [6.45, 7) is 0.330. The SMILES string of the molecule is CN(CCC(=O)O)c1cc(Cl)nnc1Cl. The smallest absolute Gasteiger partial charge is 0.305 e. The summed E-state index contributed by atoms with van der Waals surface area (Å²) in [6.07, 6.45) is 0.0206. The van der Waals surface area contributed by atoms with Crippen LogP contribution in [0.2, 0.25) is 10.3 Å². The van der Waals surface area contributed by atoms with Crippen LogP contribution in [0.1, 0.15) is 6.42 Å². The van der Waals surface area contributed by atoms with Gasteiger partial charge in [-0.15, -0.1) is 10.2 Å². The third-order valence-corrected chi connectivity index (χ3v) is 2.23. The number of hydrogen-bond acceptors (Lipinski definition) is 4. The second kappa shape index (κ2) is 5.14. The highest BCUT2D eigenvalue weighted by Gasteiger charge is 2.10. The summed E-state index contributed by atoms with van der Waals surface area (Å²) in [5.41, 5.74) is 0.568. The monoisotopic (exact) mass is 249 g/mol. The molecule has 0 aliphatic carbocycles. The van der Waals surface area contributed by atoms with Gasteiger partial charge in [-0.1, -0.05) is 23.2 Å². The summed E-state index contributed by atoms with van der Waals surface area (Å²) < 4.78 is 0. The summed E-state index contributed by atoms with van der Waals surface area (Å²) >= 11 is 11.4. The number of anilines is 1. The molecule has 0 fully saturated rings. The molecule has 0 saturated heterocycles. The lowest BCUT2D eigenvalue weighted by atomic mass is 10.3. The minimum atomic E-state index is -0.869. The van der Waals surface area contributed by atoms with Crippen molar-refractivity contribution in [2.24, 2.45) is 0 Å². The average Bonchev–Trinajstić information content (AvgIpc) is 2.18. The molecule has 1 aromatic heterocycles. The second-order valence-corrected chi connectivity index (χ2v) is 3.65. The van der Waals surface area contributed by atoms with Crippen molar-refractivity contribution in [3.8, 4) is 0 Å². The fourth-order valence-corrected chi connectivity index (χ4v) is 1.37. The van der Waals surface area contributed by atoms with Gasteiger partial charge in [0.2, 0.25) is 0 Å². The maximum absolute atomic E-state index is 10.4. The van der Waals surface area contributed by atoms with E-state index in [2.05, 4.69) is 10.2 Å². The number of aliphatic carboxylic acids is 1. The van der Waals surface area contributed by atoms with E-state index in [0.717, 1.165) is 0 Å². The number of carboxylic acid groups (broad SMARTS) is 1.